The molecule has 20 heavy (non-hydrogen) atoms. The zero-order valence-electron chi connectivity index (χ0n) is 12.0. The smallest absolute Gasteiger partial charge is 0.251 e. The van der Waals surface area contributed by atoms with Crippen molar-refractivity contribution >= 4 is 18.3 Å². The first-order valence-electron chi connectivity index (χ1n) is 6.81. The van der Waals surface area contributed by atoms with Crippen LogP contribution in [0.15, 0.2) is 24.3 Å². The number of nitrogens with one attached hydrogen (secondary N) is 2. The van der Waals surface area contributed by atoms with E-state index in [1.165, 1.54) is 0 Å². The van der Waals surface area contributed by atoms with Crippen LogP contribution in [0.2, 0.25) is 0 Å². The molecule has 1 heterocycles. The van der Waals surface area contributed by atoms with Crippen LogP contribution < -0.4 is 10.6 Å². The lowest BCUT2D eigenvalue weighted by atomic mass is 10.00. The highest BCUT2D eigenvalue weighted by molar-refractivity contribution is 5.94. The Morgan fingerprint density at radius 3 is 2.70 bits per heavy atom. The number of hydrogen-bond donors (Lipinski definition) is 2. The number of piperidine rings is 1. The Balaban J connectivity index is 0.00000200. The monoisotopic (exact) mass is 298 g/mol. The van der Waals surface area contributed by atoms with E-state index < -0.39 is 0 Å². The molecule has 1 aliphatic heterocycles. The van der Waals surface area contributed by atoms with Crippen LogP contribution in [-0.4, -0.2) is 31.6 Å². The molecule has 0 radical (unpaired) electrons. The Labute approximate surface area is 126 Å². The fourth-order valence-electron chi connectivity index (χ4n) is 2.45. The first-order valence-corrected chi connectivity index (χ1v) is 6.81. The average molecular weight is 299 g/mol. The van der Waals surface area contributed by atoms with E-state index in [4.69, 9.17) is 4.74 Å². The molecule has 5 heteroatoms. The summed E-state index contributed by atoms with van der Waals surface area (Å²) in [5, 5.41) is 6.49. The first kappa shape index (κ1) is 17.0. The van der Waals surface area contributed by atoms with Crippen LogP contribution in [0.4, 0.5) is 0 Å². The third-order valence-corrected chi connectivity index (χ3v) is 3.49. The number of methoxy groups -OCH3 is 1. The highest BCUT2D eigenvalue weighted by Crippen LogP contribution is 2.10. The van der Waals surface area contributed by atoms with Gasteiger partial charge >= 0.3 is 0 Å². The minimum absolute atomic E-state index is 0. The van der Waals surface area contributed by atoms with Crippen molar-refractivity contribution < 1.29 is 9.53 Å². The van der Waals surface area contributed by atoms with Gasteiger partial charge in [-0.05, 0) is 44.0 Å². The molecule has 2 unspecified atom stereocenters. The van der Waals surface area contributed by atoms with E-state index in [1.54, 1.807) is 7.11 Å². The lowest BCUT2D eigenvalue weighted by molar-refractivity contribution is 0.0925. The Morgan fingerprint density at radius 2 is 2.10 bits per heavy atom. The van der Waals surface area contributed by atoms with E-state index in [9.17, 15) is 4.79 Å². The fourth-order valence-corrected chi connectivity index (χ4v) is 2.45. The van der Waals surface area contributed by atoms with Gasteiger partial charge in [-0.25, -0.2) is 0 Å². The van der Waals surface area contributed by atoms with Crippen LogP contribution in [0, 0.1) is 0 Å². The standard InChI is InChI=1S/C15H22N2O2.ClH/c1-11-9-14(7-8-16-11)17-15(18)13-5-3-12(4-6-13)10-19-2;/h3-6,11,14,16H,7-10H2,1-2H3,(H,17,18);1H. The minimum Gasteiger partial charge on any atom is -0.380 e. The molecule has 2 atom stereocenters. The van der Waals surface area contributed by atoms with E-state index in [1.807, 2.05) is 24.3 Å². The van der Waals surface area contributed by atoms with E-state index in [2.05, 4.69) is 17.6 Å². The molecule has 1 aromatic rings. The van der Waals surface area contributed by atoms with Crippen LogP contribution in [0.25, 0.3) is 0 Å². The van der Waals surface area contributed by atoms with Crippen molar-refractivity contribution in [1.29, 1.82) is 0 Å². The molecular weight excluding hydrogens is 276 g/mol. The molecular formula is C15H23ClN2O2. The quantitative estimate of drug-likeness (QED) is 0.895. The molecule has 0 spiro atoms. The van der Waals surface area contributed by atoms with Crippen molar-refractivity contribution in [3.63, 3.8) is 0 Å². The van der Waals surface area contributed by atoms with Crippen molar-refractivity contribution in [3.05, 3.63) is 35.4 Å². The van der Waals surface area contributed by atoms with Gasteiger partial charge in [0.1, 0.15) is 0 Å². The van der Waals surface area contributed by atoms with Gasteiger partial charge in [0.15, 0.2) is 0 Å². The summed E-state index contributed by atoms with van der Waals surface area (Å²) >= 11 is 0. The maximum Gasteiger partial charge on any atom is 0.251 e. The van der Waals surface area contributed by atoms with Gasteiger partial charge in [-0.1, -0.05) is 12.1 Å². The van der Waals surface area contributed by atoms with Crippen molar-refractivity contribution in [2.75, 3.05) is 13.7 Å². The van der Waals surface area contributed by atoms with Gasteiger partial charge in [0.2, 0.25) is 0 Å². The van der Waals surface area contributed by atoms with Gasteiger partial charge in [-0.15, -0.1) is 12.4 Å². The van der Waals surface area contributed by atoms with Crippen LogP contribution in [0.5, 0.6) is 0 Å². The molecule has 0 saturated carbocycles. The predicted molar refractivity (Wildman–Crippen MR) is 82.4 cm³/mol. The number of ether oxygens (including phenoxy) is 1. The van der Waals surface area contributed by atoms with Crippen LogP contribution in [0.1, 0.15) is 35.7 Å². The van der Waals surface area contributed by atoms with Crippen LogP contribution in [-0.2, 0) is 11.3 Å². The molecule has 0 aliphatic carbocycles. The molecule has 1 aliphatic rings. The van der Waals surface area contributed by atoms with Gasteiger partial charge in [-0.2, -0.15) is 0 Å². The third kappa shape index (κ3) is 4.78. The second-order valence-corrected chi connectivity index (χ2v) is 5.18. The van der Waals surface area contributed by atoms with E-state index in [-0.39, 0.29) is 24.4 Å². The molecule has 1 aromatic carbocycles. The van der Waals surface area contributed by atoms with E-state index >= 15 is 0 Å². The predicted octanol–water partition coefficient (Wildman–Crippen LogP) is 2.13. The summed E-state index contributed by atoms with van der Waals surface area (Å²) < 4.78 is 5.05. The van der Waals surface area contributed by atoms with Crippen molar-refractivity contribution in [3.8, 4) is 0 Å². The van der Waals surface area contributed by atoms with Crippen molar-refractivity contribution in [2.24, 2.45) is 0 Å². The summed E-state index contributed by atoms with van der Waals surface area (Å²) in [6.07, 6.45) is 1.99. The highest BCUT2D eigenvalue weighted by atomic mass is 35.5. The SMILES string of the molecule is COCc1ccc(C(=O)NC2CCNC(C)C2)cc1.Cl. The summed E-state index contributed by atoms with van der Waals surface area (Å²) in [4.78, 5) is 12.1. The van der Waals surface area contributed by atoms with E-state index in [0.29, 0.717) is 18.2 Å². The molecule has 0 bridgehead atoms. The second kappa shape index (κ2) is 8.25. The summed E-state index contributed by atoms with van der Waals surface area (Å²) in [6, 6.07) is 8.33. The molecule has 2 N–H and O–H groups in total. The summed E-state index contributed by atoms with van der Waals surface area (Å²) in [7, 11) is 1.67. The normalized spacial score (nSPS) is 21.9. The van der Waals surface area contributed by atoms with Gasteiger partial charge in [0.25, 0.3) is 5.91 Å². The van der Waals surface area contributed by atoms with Crippen molar-refractivity contribution in [2.45, 2.75) is 38.5 Å². The Hall–Kier alpha value is -1.10. The number of halogens is 1. The molecule has 1 amide bonds. The summed E-state index contributed by atoms with van der Waals surface area (Å²) in [5.74, 6) is 0.0167. The Bertz CT molecular complexity index is 422. The number of carbonyl (C=O) groups is 1. The van der Waals surface area contributed by atoms with Crippen LogP contribution >= 0.6 is 12.4 Å². The van der Waals surface area contributed by atoms with Gasteiger partial charge in [0, 0.05) is 24.8 Å². The largest absolute Gasteiger partial charge is 0.380 e. The van der Waals surface area contributed by atoms with Gasteiger partial charge in [0.05, 0.1) is 6.61 Å². The fraction of sp³-hybridized carbons (Fsp3) is 0.533. The highest BCUT2D eigenvalue weighted by Gasteiger charge is 2.20. The second-order valence-electron chi connectivity index (χ2n) is 5.18. The van der Waals surface area contributed by atoms with Gasteiger partial charge < -0.3 is 15.4 Å². The summed E-state index contributed by atoms with van der Waals surface area (Å²) in [6.45, 7) is 3.70. The summed E-state index contributed by atoms with van der Waals surface area (Å²) in [5.41, 5.74) is 1.79. The number of rotatable bonds is 4. The van der Waals surface area contributed by atoms with E-state index in [0.717, 1.165) is 24.9 Å². The topological polar surface area (TPSA) is 50.4 Å². The van der Waals surface area contributed by atoms with Gasteiger partial charge in [-0.3, -0.25) is 4.79 Å². The molecule has 4 nitrogen and oxygen atoms in total. The Kier molecular flexibility index (Phi) is 6.99. The number of amides is 1. The van der Waals surface area contributed by atoms with Crippen molar-refractivity contribution in [1.82, 2.24) is 10.6 Å². The molecule has 1 saturated heterocycles. The average Bonchev–Trinajstić information content (AvgIpc) is 2.40. The lowest BCUT2D eigenvalue weighted by Crippen LogP contribution is -2.46. The Morgan fingerprint density at radius 1 is 1.40 bits per heavy atom. The molecule has 1 fully saturated rings. The first-order chi connectivity index (χ1) is 9.19. The van der Waals surface area contributed by atoms with Crippen LogP contribution in [0.3, 0.4) is 0 Å². The zero-order chi connectivity index (χ0) is 13.7. The number of benzene rings is 1. The molecule has 112 valence electrons. The third-order valence-electron chi connectivity index (χ3n) is 3.49. The minimum atomic E-state index is 0. The molecule has 0 aromatic heterocycles. The number of carbonyl (C=O) groups excluding carboxylic acids is 1. The number of hydrogen-bond acceptors (Lipinski definition) is 3. The maximum atomic E-state index is 12.1. The maximum absolute atomic E-state index is 12.1. The zero-order valence-corrected chi connectivity index (χ0v) is 12.8. The lowest BCUT2D eigenvalue weighted by Gasteiger charge is -2.28. The molecule has 2 rings (SSSR count).